The smallest absolute Gasteiger partial charge is 0.229 e. The molecule has 0 saturated carbocycles. The summed E-state index contributed by atoms with van der Waals surface area (Å²) in [7, 11) is 4.76. The largest absolute Gasteiger partial charge is 0.384 e. The van der Waals surface area contributed by atoms with E-state index in [9.17, 15) is 4.79 Å². The molecule has 1 heterocycles. The second kappa shape index (κ2) is 7.79. The van der Waals surface area contributed by atoms with Crippen molar-refractivity contribution in [2.24, 2.45) is 5.41 Å². The van der Waals surface area contributed by atoms with Crippen molar-refractivity contribution < 1.29 is 19.0 Å². The molecule has 1 aliphatic rings. The van der Waals surface area contributed by atoms with Crippen LogP contribution in [0.3, 0.4) is 0 Å². The molecule has 6 heteroatoms. The molecule has 0 spiro atoms. The Balaban J connectivity index is 2.66. The molecular formula is C13H26N2O4. The maximum atomic E-state index is 12.5. The number of hydrogen-bond donors (Lipinski definition) is 2. The summed E-state index contributed by atoms with van der Waals surface area (Å²) in [6, 6.07) is -0.203. The SMILES string of the molecule is COCC1(C(=O)NC(C)C(OC)OC)CCNCC1. The summed E-state index contributed by atoms with van der Waals surface area (Å²) in [6.07, 6.45) is 1.12. The Bertz CT molecular complexity index is 270. The van der Waals surface area contributed by atoms with E-state index in [1.165, 1.54) is 0 Å². The van der Waals surface area contributed by atoms with Crippen molar-refractivity contribution in [1.82, 2.24) is 10.6 Å². The van der Waals surface area contributed by atoms with E-state index in [0.29, 0.717) is 6.61 Å². The van der Waals surface area contributed by atoms with Crippen LogP contribution in [0.25, 0.3) is 0 Å². The highest BCUT2D eigenvalue weighted by atomic mass is 16.7. The summed E-state index contributed by atoms with van der Waals surface area (Å²) in [5, 5.41) is 6.25. The van der Waals surface area contributed by atoms with Crippen molar-refractivity contribution in [2.75, 3.05) is 41.0 Å². The Kier molecular flexibility index (Phi) is 6.71. The van der Waals surface area contributed by atoms with Gasteiger partial charge in [0.1, 0.15) is 0 Å². The lowest BCUT2D eigenvalue weighted by molar-refractivity contribution is -0.147. The van der Waals surface area contributed by atoms with E-state index in [1.807, 2.05) is 6.92 Å². The maximum Gasteiger partial charge on any atom is 0.229 e. The Labute approximate surface area is 115 Å². The first kappa shape index (κ1) is 16.4. The monoisotopic (exact) mass is 274 g/mol. The summed E-state index contributed by atoms with van der Waals surface area (Å²) < 4.78 is 15.6. The Morgan fingerprint density at radius 2 is 1.84 bits per heavy atom. The number of carbonyl (C=O) groups is 1. The van der Waals surface area contributed by atoms with E-state index in [1.54, 1.807) is 21.3 Å². The van der Waals surface area contributed by atoms with Gasteiger partial charge in [0.05, 0.1) is 18.1 Å². The van der Waals surface area contributed by atoms with E-state index in [-0.39, 0.29) is 11.9 Å². The molecule has 1 amide bonds. The molecule has 2 N–H and O–H groups in total. The van der Waals surface area contributed by atoms with Crippen LogP contribution in [0.4, 0.5) is 0 Å². The van der Waals surface area contributed by atoms with Crippen LogP contribution in [0.5, 0.6) is 0 Å². The highest BCUT2D eigenvalue weighted by molar-refractivity contribution is 5.83. The Hall–Kier alpha value is -0.690. The molecule has 6 nitrogen and oxygen atoms in total. The molecule has 1 fully saturated rings. The summed E-state index contributed by atoms with van der Waals surface area (Å²) in [5.41, 5.74) is -0.444. The molecule has 112 valence electrons. The van der Waals surface area contributed by atoms with E-state index in [4.69, 9.17) is 14.2 Å². The lowest BCUT2D eigenvalue weighted by Crippen LogP contribution is -2.54. The third-order valence-corrected chi connectivity index (χ3v) is 3.69. The zero-order valence-corrected chi connectivity index (χ0v) is 12.3. The highest BCUT2D eigenvalue weighted by Gasteiger charge is 2.40. The molecule has 19 heavy (non-hydrogen) atoms. The number of nitrogens with one attached hydrogen (secondary N) is 2. The summed E-state index contributed by atoms with van der Waals surface area (Å²) in [4.78, 5) is 12.5. The first-order chi connectivity index (χ1) is 9.09. The Morgan fingerprint density at radius 1 is 1.26 bits per heavy atom. The van der Waals surface area contributed by atoms with Gasteiger partial charge in [-0.2, -0.15) is 0 Å². The zero-order chi connectivity index (χ0) is 14.3. The van der Waals surface area contributed by atoms with Gasteiger partial charge in [0.2, 0.25) is 5.91 Å². The third kappa shape index (κ3) is 4.14. The van der Waals surface area contributed by atoms with Crippen LogP contribution in [-0.4, -0.2) is 59.3 Å². The average molecular weight is 274 g/mol. The Morgan fingerprint density at radius 3 is 2.32 bits per heavy atom. The lowest BCUT2D eigenvalue weighted by Gasteiger charge is -2.37. The molecule has 1 saturated heterocycles. The fourth-order valence-electron chi connectivity index (χ4n) is 2.55. The second-order valence-corrected chi connectivity index (χ2v) is 5.07. The first-order valence-electron chi connectivity index (χ1n) is 6.66. The van der Waals surface area contributed by atoms with Crippen LogP contribution in [0.15, 0.2) is 0 Å². The van der Waals surface area contributed by atoms with Gasteiger partial charge in [-0.3, -0.25) is 4.79 Å². The number of amides is 1. The highest BCUT2D eigenvalue weighted by Crippen LogP contribution is 2.29. The number of rotatable bonds is 7. The third-order valence-electron chi connectivity index (χ3n) is 3.69. The fourth-order valence-corrected chi connectivity index (χ4v) is 2.55. The predicted octanol–water partition coefficient (Wildman–Crippen LogP) is 0.126. The molecule has 0 bridgehead atoms. The van der Waals surface area contributed by atoms with E-state index < -0.39 is 11.7 Å². The molecule has 0 aliphatic carbocycles. The normalized spacial score (nSPS) is 20.3. The van der Waals surface area contributed by atoms with Gasteiger partial charge >= 0.3 is 0 Å². The van der Waals surface area contributed by atoms with Crippen LogP contribution in [-0.2, 0) is 19.0 Å². The molecule has 1 unspecified atom stereocenters. The van der Waals surface area contributed by atoms with Crippen LogP contribution in [0.1, 0.15) is 19.8 Å². The molecule has 0 aromatic carbocycles. The summed E-state index contributed by atoms with van der Waals surface area (Å²) in [6.45, 7) is 3.99. The van der Waals surface area contributed by atoms with E-state index in [0.717, 1.165) is 25.9 Å². The van der Waals surface area contributed by atoms with Crippen LogP contribution in [0.2, 0.25) is 0 Å². The zero-order valence-electron chi connectivity index (χ0n) is 12.3. The van der Waals surface area contributed by atoms with Crippen LogP contribution < -0.4 is 10.6 Å². The van der Waals surface area contributed by atoms with Crippen molar-refractivity contribution in [2.45, 2.75) is 32.1 Å². The molecule has 1 atom stereocenters. The van der Waals surface area contributed by atoms with Gasteiger partial charge in [0.15, 0.2) is 6.29 Å². The minimum Gasteiger partial charge on any atom is -0.384 e. The van der Waals surface area contributed by atoms with Gasteiger partial charge in [-0.1, -0.05) is 0 Å². The minimum absolute atomic E-state index is 0.0162. The maximum absolute atomic E-state index is 12.5. The lowest BCUT2D eigenvalue weighted by atomic mass is 9.78. The molecule has 0 radical (unpaired) electrons. The van der Waals surface area contributed by atoms with Gasteiger partial charge in [-0.15, -0.1) is 0 Å². The van der Waals surface area contributed by atoms with Gasteiger partial charge in [0.25, 0.3) is 0 Å². The molecule has 0 aromatic rings. The van der Waals surface area contributed by atoms with Crippen LogP contribution >= 0.6 is 0 Å². The number of hydrogen-bond acceptors (Lipinski definition) is 5. The topological polar surface area (TPSA) is 68.8 Å². The molecular weight excluding hydrogens is 248 g/mol. The minimum atomic E-state index is -0.444. The van der Waals surface area contributed by atoms with Crippen molar-refractivity contribution >= 4 is 5.91 Å². The van der Waals surface area contributed by atoms with Crippen molar-refractivity contribution in [3.8, 4) is 0 Å². The average Bonchev–Trinajstić information content (AvgIpc) is 2.41. The molecule has 1 aliphatic heterocycles. The number of ether oxygens (including phenoxy) is 3. The van der Waals surface area contributed by atoms with Crippen LogP contribution in [0, 0.1) is 5.41 Å². The van der Waals surface area contributed by atoms with Gasteiger partial charge < -0.3 is 24.8 Å². The summed E-state index contributed by atoms with van der Waals surface area (Å²) >= 11 is 0. The van der Waals surface area contributed by atoms with Gasteiger partial charge in [-0.25, -0.2) is 0 Å². The van der Waals surface area contributed by atoms with Gasteiger partial charge in [-0.05, 0) is 32.9 Å². The van der Waals surface area contributed by atoms with Crippen molar-refractivity contribution in [1.29, 1.82) is 0 Å². The van der Waals surface area contributed by atoms with Gasteiger partial charge in [0, 0.05) is 21.3 Å². The van der Waals surface area contributed by atoms with E-state index >= 15 is 0 Å². The van der Waals surface area contributed by atoms with E-state index in [2.05, 4.69) is 10.6 Å². The summed E-state index contributed by atoms with van der Waals surface area (Å²) in [5.74, 6) is 0.0162. The molecule has 0 aromatic heterocycles. The molecule has 1 rings (SSSR count). The fraction of sp³-hybridized carbons (Fsp3) is 0.923. The standard InChI is InChI=1S/C13H26N2O4/c1-10(11(18-3)19-4)15-12(16)13(9-17-2)5-7-14-8-6-13/h10-11,14H,5-9H2,1-4H3,(H,15,16). The number of methoxy groups -OCH3 is 3. The number of piperidine rings is 1. The quantitative estimate of drug-likeness (QED) is 0.646. The first-order valence-corrected chi connectivity index (χ1v) is 6.66. The van der Waals surface area contributed by atoms with Crippen molar-refractivity contribution in [3.63, 3.8) is 0 Å². The number of carbonyl (C=O) groups excluding carboxylic acids is 1. The second-order valence-electron chi connectivity index (χ2n) is 5.07. The predicted molar refractivity (Wildman–Crippen MR) is 71.8 cm³/mol. The van der Waals surface area contributed by atoms with Crippen molar-refractivity contribution in [3.05, 3.63) is 0 Å².